The summed E-state index contributed by atoms with van der Waals surface area (Å²) in [4.78, 5) is 16.8. The monoisotopic (exact) mass is 316 g/mol. The van der Waals surface area contributed by atoms with Gasteiger partial charge < -0.3 is 0 Å². The molecule has 5 nitrogen and oxygen atoms in total. The first-order chi connectivity index (χ1) is 10.3. The van der Waals surface area contributed by atoms with Crippen LogP contribution in [0.5, 0.6) is 0 Å². The van der Waals surface area contributed by atoms with E-state index in [4.69, 9.17) is 11.6 Å². The molecule has 0 radical (unpaired) electrons. The highest BCUT2D eigenvalue weighted by Gasteiger charge is 2.26. The van der Waals surface area contributed by atoms with Crippen LogP contribution in [-0.2, 0) is 5.41 Å². The van der Waals surface area contributed by atoms with Crippen molar-refractivity contribution in [3.8, 4) is 11.3 Å². The first-order valence-corrected chi connectivity index (χ1v) is 7.41. The lowest BCUT2D eigenvalue weighted by Crippen LogP contribution is -2.22. The van der Waals surface area contributed by atoms with Crippen LogP contribution in [0.2, 0.25) is 5.15 Å². The van der Waals surface area contributed by atoms with E-state index in [0.717, 1.165) is 22.5 Å². The molecule has 0 amide bonds. The van der Waals surface area contributed by atoms with Gasteiger partial charge in [0, 0.05) is 11.0 Å². The summed E-state index contributed by atoms with van der Waals surface area (Å²) >= 11 is 6.23. The van der Waals surface area contributed by atoms with Gasteiger partial charge in [0.25, 0.3) is 0 Å². The summed E-state index contributed by atoms with van der Waals surface area (Å²) in [6.45, 7) is 8.15. The quantitative estimate of drug-likeness (QED) is 0.749. The summed E-state index contributed by atoms with van der Waals surface area (Å²) in [5.41, 5.74) is 3.27. The van der Waals surface area contributed by atoms with E-state index in [9.17, 15) is 4.79 Å². The average molecular weight is 317 g/mol. The molecular formula is C16H17ClN4O. The number of aryl methyl sites for hydroxylation is 1. The van der Waals surface area contributed by atoms with Gasteiger partial charge in [-0.25, -0.2) is 19.3 Å². The van der Waals surface area contributed by atoms with Gasteiger partial charge in [0.2, 0.25) is 0 Å². The third kappa shape index (κ3) is 2.22. The van der Waals surface area contributed by atoms with E-state index in [-0.39, 0.29) is 16.3 Å². The van der Waals surface area contributed by atoms with Crippen molar-refractivity contribution in [1.82, 2.24) is 19.6 Å². The second-order valence-electron chi connectivity index (χ2n) is 6.35. The zero-order chi connectivity index (χ0) is 16.1. The molecule has 0 bridgehead atoms. The van der Waals surface area contributed by atoms with Crippen LogP contribution in [0.4, 0.5) is 0 Å². The third-order valence-electron chi connectivity index (χ3n) is 3.63. The largest absolute Gasteiger partial charge is 0.348 e. The van der Waals surface area contributed by atoms with Crippen LogP contribution in [0.3, 0.4) is 0 Å². The first-order valence-electron chi connectivity index (χ1n) is 7.04. The average Bonchev–Trinajstić information content (AvgIpc) is 2.82. The molecule has 0 unspecified atom stereocenters. The number of hydrogen-bond donors (Lipinski definition) is 1. The molecule has 1 N–H and O–H groups in total. The fraction of sp³-hybridized carbons (Fsp3) is 0.312. The lowest BCUT2D eigenvalue weighted by Gasteiger charge is -2.23. The van der Waals surface area contributed by atoms with Gasteiger partial charge in [-0.15, -0.1) is 5.10 Å². The molecule has 3 aromatic rings. The summed E-state index contributed by atoms with van der Waals surface area (Å²) < 4.78 is 1.51. The Hall–Kier alpha value is -2.14. The van der Waals surface area contributed by atoms with Gasteiger partial charge in [0.1, 0.15) is 0 Å². The van der Waals surface area contributed by atoms with Crippen molar-refractivity contribution >= 4 is 17.2 Å². The molecule has 0 aliphatic carbocycles. The van der Waals surface area contributed by atoms with Crippen LogP contribution in [0.15, 0.2) is 29.1 Å². The molecule has 0 aliphatic heterocycles. The van der Waals surface area contributed by atoms with Crippen LogP contribution < -0.4 is 5.69 Å². The summed E-state index contributed by atoms with van der Waals surface area (Å²) in [6.07, 6.45) is 0. The Balaban J connectivity index is 2.56. The van der Waals surface area contributed by atoms with Crippen molar-refractivity contribution in [2.24, 2.45) is 0 Å². The Kier molecular flexibility index (Phi) is 3.33. The number of rotatable bonds is 1. The van der Waals surface area contributed by atoms with Crippen molar-refractivity contribution in [1.29, 1.82) is 0 Å². The molecule has 0 atom stereocenters. The number of aromatic amines is 1. The van der Waals surface area contributed by atoms with Crippen molar-refractivity contribution in [2.75, 3.05) is 0 Å². The Morgan fingerprint density at radius 1 is 1.23 bits per heavy atom. The van der Waals surface area contributed by atoms with Gasteiger partial charge in [-0.05, 0) is 12.5 Å². The van der Waals surface area contributed by atoms with E-state index in [1.807, 2.05) is 52.0 Å². The minimum absolute atomic E-state index is 0.223. The SMILES string of the molecule is Cc1ccccc1-c1c(C(C)(C)C)nc(Cl)c2n[nH]c(=O)n12. The maximum Gasteiger partial charge on any atom is 0.348 e. The Morgan fingerprint density at radius 3 is 2.55 bits per heavy atom. The van der Waals surface area contributed by atoms with Crippen LogP contribution >= 0.6 is 11.6 Å². The summed E-state index contributed by atoms with van der Waals surface area (Å²) in [5.74, 6) is 0. The fourth-order valence-electron chi connectivity index (χ4n) is 2.56. The summed E-state index contributed by atoms with van der Waals surface area (Å²) in [6, 6.07) is 7.90. The van der Waals surface area contributed by atoms with Gasteiger partial charge >= 0.3 is 5.69 Å². The van der Waals surface area contributed by atoms with Crippen LogP contribution in [-0.4, -0.2) is 19.6 Å². The molecule has 114 valence electrons. The van der Waals surface area contributed by atoms with E-state index in [1.165, 1.54) is 4.40 Å². The highest BCUT2D eigenvalue weighted by Crippen LogP contribution is 2.34. The molecule has 0 saturated carbocycles. The Labute approximate surface area is 133 Å². The zero-order valence-corrected chi connectivity index (χ0v) is 13.7. The van der Waals surface area contributed by atoms with Crippen molar-refractivity contribution in [3.05, 3.63) is 51.2 Å². The highest BCUT2D eigenvalue weighted by molar-refractivity contribution is 6.32. The van der Waals surface area contributed by atoms with E-state index in [0.29, 0.717) is 5.65 Å². The van der Waals surface area contributed by atoms with Gasteiger partial charge in [-0.2, -0.15) is 0 Å². The fourth-order valence-corrected chi connectivity index (χ4v) is 2.77. The van der Waals surface area contributed by atoms with Gasteiger partial charge in [-0.3, -0.25) is 0 Å². The number of halogens is 1. The number of H-pyrrole nitrogens is 1. The molecule has 2 aromatic heterocycles. The lowest BCUT2D eigenvalue weighted by molar-refractivity contribution is 0.567. The molecule has 0 saturated heterocycles. The molecular weight excluding hydrogens is 300 g/mol. The standard InChI is InChI=1S/C16H17ClN4O/c1-9-7-5-6-8-10(9)11-12(16(2,3)4)18-13(17)14-19-20-15(22)21(11)14/h5-8H,1-4H3,(H,20,22). The molecule has 6 heteroatoms. The maximum absolute atomic E-state index is 12.3. The third-order valence-corrected chi connectivity index (χ3v) is 3.88. The van der Waals surface area contributed by atoms with E-state index in [2.05, 4.69) is 15.2 Å². The summed E-state index contributed by atoms with van der Waals surface area (Å²) in [7, 11) is 0. The van der Waals surface area contributed by atoms with Gasteiger partial charge in [-0.1, -0.05) is 56.6 Å². The molecule has 3 rings (SSSR count). The lowest BCUT2D eigenvalue weighted by atomic mass is 9.87. The topological polar surface area (TPSA) is 63.0 Å². The molecule has 1 aromatic carbocycles. The summed E-state index contributed by atoms with van der Waals surface area (Å²) in [5, 5.41) is 6.67. The molecule has 0 fully saturated rings. The second-order valence-corrected chi connectivity index (χ2v) is 6.71. The number of fused-ring (bicyclic) bond motifs is 1. The predicted octanol–water partition coefficient (Wildman–Crippen LogP) is 3.34. The zero-order valence-electron chi connectivity index (χ0n) is 12.9. The normalized spacial score (nSPS) is 12.0. The van der Waals surface area contributed by atoms with Crippen molar-refractivity contribution in [2.45, 2.75) is 33.1 Å². The molecule has 2 heterocycles. The minimum atomic E-state index is -0.317. The minimum Gasteiger partial charge on any atom is -0.246 e. The predicted molar refractivity (Wildman–Crippen MR) is 87.5 cm³/mol. The van der Waals surface area contributed by atoms with Crippen molar-refractivity contribution < 1.29 is 0 Å². The molecule has 22 heavy (non-hydrogen) atoms. The van der Waals surface area contributed by atoms with E-state index in [1.54, 1.807) is 0 Å². The molecule has 0 spiro atoms. The number of aromatic nitrogens is 4. The number of nitrogens with one attached hydrogen (secondary N) is 1. The van der Waals surface area contributed by atoms with Crippen molar-refractivity contribution in [3.63, 3.8) is 0 Å². The second kappa shape index (κ2) is 4.95. The number of nitrogens with zero attached hydrogens (tertiary/aromatic N) is 3. The Morgan fingerprint density at radius 2 is 1.91 bits per heavy atom. The van der Waals surface area contributed by atoms with Gasteiger partial charge in [0.15, 0.2) is 10.8 Å². The van der Waals surface area contributed by atoms with E-state index >= 15 is 0 Å². The maximum atomic E-state index is 12.3. The number of benzene rings is 1. The smallest absolute Gasteiger partial charge is 0.246 e. The van der Waals surface area contributed by atoms with Gasteiger partial charge in [0.05, 0.1) is 11.4 Å². The van der Waals surface area contributed by atoms with Crippen LogP contribution in [0.25, 0.3) is 16.9 Å². The van der Waals surface area contributed by atoms with Crippen LogP contribution in [0.1, 0.15) is 32.0 Å². The first kappa shape index (κ1) is 14.8. The molecule has 0 aliphatic rings. The van der Waals surface area contributed by atoms with Crippen LogP contribution in [0, 0.1) is 6.92 Å². The highest BCUT2D eigenvalue weighted by atomic mass is 35.5. The Bertz CT molecular complexity index is 918. The number of hydrogen-bond acceptors (Lipinski definition) is 3. The van der Waals surface area contributed by atoms with E-state index < -0.39 is 0 Å².